The molecular formula is C13H14BrNO4S. The first-order chi connectivity index (χ1) is 9.47. The van der Waals surface area contributed by atoms with Crippen molar-refractivity contribution in [3.8, 4) is 0 Å². The van der Waals surface area contributed by atoms with Gasteiger partial charge in [0.15, 0.2) is 0 Å². The van der Waals surface area contributed by atoms with Crippen molar-refractivity contribution >= 4 is 39.6 Å². The monoisotopic (exact) mass is 359 g/mol. The van der Waals surface area contributed by atoms with E-state index in [0.717, 1.165) is 9.37 Å². The fraction of sp³-hybridized carbons (Fsp3) is 0.385. The smallest absolute Gasteiger partial charge is 0.326 e. The molecule has 1 amide bonds. The Hall–Kier alpha value is -1.05. The SMILES string of the molecule is O=C(O)[C@@H]1C[C@H](O)CN1C(=O)CSc1ccc(Br)cc1. The van der Waals surface area contributed by atoms with Crippen LogP contribution in [0, 0.1) is 0 Å². The number of benzene rings is 1. The van der Waals surface area contributed by atoms with Crippen molar-refractivity contribution in [1.29, 1.82) is 0 Å². The Morgan fingerprint density at radius 2 is 2.00 bits per heavy atom. The number of likely N-dealkylation sites (tertiary alicyclic amines) is 1. The second kappa shape index (κ2) is 6.60. The Morgan fingerprint density at radius 1 is 1.35 bits per heavy atom. The lowest BCUT2D eigenvalue weighted by Gasteiger charge is -2.20. The molecule has 5 nitrogen and oxygen atoms in total. The normalized spacial score (nSPS) is 22.0. The molecule has 0 radical (unpaired) electrons. The van der Waals surface area contributed by atoms with Gasteiger partial charge in [-0.25, -0.2) is 4.79 Å². The number of hydrogen-bond donors (Lipinski definition) is 2. The fourth-order valence-corrected chi connectivity index (χ4v) is 3.13. The molecule has 0 saturated carbocycles. The largest absolute Gasteiger partial charge is 0.480 e. The molecule has 108 valence electrons. The van der Waals surface area contributed by atoms with E-state index in [0.29, 0.717) is 0 Å². The first kappa shape index (κ1) is 15.3. The van der Waals surface area contributed by atoms with Gasteiger partial charge in [-0.3, -0.25) is 4.79 Å². The number of amides is 1. The molecule has 0 aromatic heterocycles. The Morgan fingerprint density at radius 3 is 2.60 bits per heavy atom. The van der Waals surface area contributed by atoms with Gasteiger partial charge in [-0.1, -0.05) is 15.9 Å². The molecule has 1 aromatic carbocycles. The van der Waals surface area contributed by atoms with Crippen molar-refractivity contribution in [2.24, 2.45) is 0 Å². The van der Waals surface area contributed by atoms with Gasteiger partial charge in [0.05, 0.1) is 11.9 Å². The average Bonchev–Trinajstić information content (AvgIpc) is 2.80. The van der Waals surface area contributed by atoms with Crippen LogP contribution in [-0.4, -0.2) is 51.4 Å². The van der Waals surface area contributed by atoms with Crippen molar-refractivity contribution in [2.45, 2.75) is 23.5 Å². The van der Waals surface area contributed by atoms with Crippen LogP contribution < -0.4 is 0 Å². The van der Waals surface area contributed by atoms with Crippen LogP contribution in [0.2, 0.25) is 0 Å². The number of carboxylic acids is 1. The van der Waals surface area contributed by atoms with E-state index in [1.54, 1.807) is 0 Å². The van der Waals surface area contributed by atoms with Crippen LogP contribution in [0.5, 0.6) is 0 Å². The maximum atomic E-state index is 12.1. The molecule has 1 aliphatic rings. The summed E-state index contributed by atoms with van der Waals surface area (Å²) >= 11 is 4.68. The molecule has 1 aromatic rings. The summed E-state index contributed by atoms with van der Waals surface area (Å²) in [6, 6.07) is 6.62. The number of carbonyl (C=O) groups is 2. The summed E-state index contributed by atoms with van der Waals surface area (Å²) in [5, 5.41) is 18.6. The number of aliphatic carboxylic acids is 1. The third kappa shape index (κ3) is 3.74. The van der Waals surface area contributed by atoms with Gasteiger partial charge in [0, 0.05) is 22.3 Å². The van der Waals surface area contributed by atoms with Gasteiger partial charge in [0.2, 0.25) is 5.91 Å². The highest BCUT2D eigenvalue weighted by Crippen LogP contribution is 2.24. The summed E-state index contributed by atoms with van der Waals surface area (Å²) in [7, 11) is 0. The second-order valence-corrected chi connectivity index (χ2v) is 6.50. The van der Waals surface area contributed by atoms with Crippen LogP contribution in [-0.2, 0) is 9.59 Å². The Labute approximate surface area is 129 Å². The number of aliphatic hydroxyl groups excluding tert-OH is 1. The number of aliphatic hydroxyl groups is 1. The van der Waals surface area contributed by atoms with E-state index in [4.69, 9.17) is 5.11 Å². The number of carbonyl (C=O) groups excluding carboxylic acids is 1. The molecule has 1 fully saturated rings. The van der Waals surface area contributed by atoms with Crippen molar-refractivity contribution in [1.82, 2.24) is 4.90 Å². The molecule has 0 bridgehead atoms. The van der Waals surface area contributed by atoms with Gasteiger partial charge in [-0.05, 0) is 24.3 Å². The lowest BCUT2D eigenvalue weighted by molar-refractivity contribution is -0.147. The average molecular weight is 360 g/mol. The lowest BCUT2D eigenvalue weighted by atomic mass is 10.2. The van der Waals surface area contributed by atoms with Crippen molar-refractivity contribution in [2.75, 3.05) is 12.3 Å². The number of carboxylic acid groups (broad SMARTS) is 1. The van der Waals surface area contributed by atoms with Crippen LogP contribution >= 0.6 is 27.7 Å². The molecule has 2 N–H and O–H groups in total. The summed E-state index contributed by atoms with van der Waals surface area (Å²) in [4.78, 5) is 25.3. The first-order valence-corrected chi connectivity index (χ1v) is 7.84. The highest BCUT2D eigenvalue weighted by atomic mass is 79.9. The zero-order chi connectivity index (χ0) is 14.7. The Kier molecular flexibility index (Phi) is 5.06. The quantitative estimate of drug-likeness (QED) is 0.798. The molecular weight excluding hydrogens is 346 g/mol. The van der Waals surface area contributed by atoms with E-state index < -0.39 is 18.1 Å². The van der Waals surface area contributed by atoms with E-state index in [9.17, 15) is 14.7 Å². The summed E-state index contributed by atoms with van der Waals surface area (Å²) in [6.45, 7) is 0.0939. The zero-order valence-corrected chi connectivity index (χ0v) is 12.9. The molecule has 1 saturated heterocycles. The zero-order valence-electron chi connectivity index (χ0n) is 10.5. The third-order valence-electron chi connectivity index (χ3n) is 3.06. The van der Waals surface area contributed by atoms with E-state index in [-0.39, 0.29) is 24.6 Å². The van der Waals surface area contributed by atoms with Gasteiger partial charge in [-0.15, -0.1) is 11.8 Å². The number of thioether (sulfide) groups is 1. The maximum Gasteiger partial charge on any atom is 0.326 e. The summed E-state index contributed by atoms with van der Waals surface area (Å²) in [5.41, 5.74) is 0. The highest BCUT2D eigenvalue weighted by molar-refractivity contribution is 9.10. The van der Waals surface area contributed by atoms with E-state index in [1.165, 1.54) is 16.7 Å². The molecule has 0 unspecified atom stereocenters. The van der Waals surface area contributed by atoms with Crippen molar-refractivity contribution in [3.05, 3.63) is 28.7 Å². The topological polar surface area (TPSA) is 77.8 Å². The summed E-state index contributed by atoms with van der Waals surface area (Å²) in [5.74, 6) is -1.16. The van der Waals surface area contributed by atoms with E-state index in [1.807, 2.05) is 24.3 Å². The number of hydrogen-bond acceptors (Lipinski definition) is 4. The van der Waals surface area contributed by atoms with Crippen LogP contribution in [0.4, 0.5) is 0 Å². The van der Waals surface area contributed by atoms with E-state index >= 15 is 0 Å². The predicted octanol–water partition coefficient (Wildman–Crippen LogP) is 1.59. The predicted molar refractivity (Wildman–Crippen MR) is 78.6 cm³/mol. The molecule has 20 heavy (non-hydrogen) atoms. The number of nitrogens with zero attached hydrogens (tertiary/aromatic N) is 1. The third-order valence-corrected chi connectivity index (χ3v) is 4.59. The van der Waals surface area contributed by atoms with Gasteiger partial charge < -0.3 is 15.1 Å². The number of rotatable bonds is 4. The summed E-state index contributed by atoms with van der Waals surface area (Å²) < 4.78 is 0.960. The van der Waals surface area contributed by atoms with Crippen LogP contribution in [0.3, 0.4) is 0 Å². The van der Waals surface area contributed by atoms with E-state index in [2.05, 4.69) is 15.9 Å². The van der Waals surface area contributed by atoms with Gasteiger partial charge >= 0.3 is 5.97 Å². The summed E-state index contributed by atoms with van der Waals surface area (Å²) in [6.07, 6.45) is -0.651. The van der Waals surface area contributed by atoms with Gasteiger partial charge in [0.25, 0.3) is 0 Å². The Bertz CT molecular complexity index is 508. The molecule has 2 atom stereocenters. The lowest BCUT2D eigenvalue weighted by Crippen LogP contribution is -2.41. The minimum absolute atomic E-state index is 0.0939. The molecule has 0 aliphatic carbocycles. The number of halogens is 1. The first-order valence-electron chi connectivity index (χ1n) is 6.06. The van der Waals surface area contributed by atoms with Gasteiger partial charge in [-0.2, -0.15) is 0 Å². The molecule has 7 heteroatoms. The van der Waals surface area contributed by atoms with Crippen molar-refractivity contribution < 1.29 is 19.8 Å². The fourth-order valence-electron chi connectivity index (χ4n) is 2.08. The van der Waals surface area contributed by atoms with Crippen molar-refractivity contribution in [3.63, 3.8) is 0 Å². The Balaban J connectivity index is 1.94. The second-order valence-electron chi connectivity index (χ2n) is 4.53. The number of β-amino-alcohol motifs (C(OH)–C–C–N with tert-alkyl or cyclic N) is 1. The van der Waals surface area contributed by atoms with Crippen LogP contribution in [0.15, 0.2) is 33.6 Å². The minimum Gasteiger partial charge on any atom is -0.480 e. The molecule has 0 spiro atoms. The van der Waals surface area contributed by atoms with Crippen LogP contribution in [0.1, 0.15) is 6.42 Å². The standard InChI is InChI=1S/C13H14BrNO4S/c14-8-1-3-10(4-2-8)20-7-12(17)15-6-9(16)5-11(15)13(18)19/h1-4,9,11,16H,5-7H2,(H,18,19)/t9-,11-/m0/s1. The molecule has 2 rings (SSSR count). The van der Waals surface area contributed by atoms with Gasteiger partial charge in [0.1, 0.15) is 6.04 Å². The maximum absolute atomic E-state index is 12.1. The minimum atomic E-state index is -1.07. The molecule has 1 aliphatic heterocycles. The highest BCUT2D eigenvalue weighted by Gasteiger charge is 2.38. The van der Waals surface area contributed by atoms with Crippen LogP contribution in [0.25, 0.3) is 0 Å². The molecule has 1 heterocycles.